The molecule has 4 aliphatic rings. The molecule has 0 unspecified atom stereocenters. The van der Waals surface area contributed by atoms with Gasteiger partial charge in [-0.15, -0.1) is 0 Å². The Labute approximate surface area is 439 Å². The van der Waals surface area contributed by atoms with Gasteiger partial charge in [0.1, 0.15) is 11.4 Å². The van der Waals surface area contributed by atoms with Crippen LogP contribution in [-0.4, -0.2) is 165 Å². The van der Waals surface area contributed by atoms with Crippen molar-refractivity contribution in [1.82, 2.24) is 38.5 Å². The number of rotatable bonds is 8. The largest absolute Gasteiger partial charge is 0.337 e. The van der Waals surface area contributed by atoms with Crippen molar-refractivity contribution >= 4 is 57.0 Å². The van der Waals surface area contributed by atoms with Gasteiger partial charge in [-0.3, -0.25) is 29.0 Å². The predicted octanol–water partition coefficient (Wildman–Crippen LogP) is 9.86. The molecule has 4 aromatic carbocycles. The van der Waals surface area contributed by atoms with E-state index in [2.05, 4.69) is 43.6 Å². The zero-order valence-electron chi connectivity index (χ0n) is 42.8. The summed E-state index contributed by atoms with van der Waals surface area (Å²) in [5.41, 5.74) is 5.13. The standard InChI is InChI=1S/C29H31F2N5O2.C28H31ClF2N4O2/c1-20(2)33-13-15-35(16-14-33)27(37)22-5-8-25-23(17-22)18-26(28(38)34-11-9-29(30,31)10-12-34)36(25)24-6-3-21(19-32)4-7-24;1-19(2)32-12-14-34(15-13-32)26(36)20-6-7-24-21(16-20)17-25(35(24)23-5-3-4-22(29)18-23)27(37)33-10-8-28(30,31)9-11-33/h3-8,17-18,20H,9-16H2,1-2H3;3-7,16-19H,8-15H2,1-2H3. The van der Waals surface area contributed by atoms with Gasteiger partial charge in [0.2, 0.25) is 0 Å². The third-order valence-electron chi connectivity index (χ3n) is 15.1. The van der Waals surface area contributed by atoms with Gasteiger partial charge in [0, 0.05) is 155 Å². The second-order valence-electron chi connectivity index (χ2n) is 20.6. The Balaban J connectivity index is 0.000000184. The number of halogens is 5. The van der Waals surface area contributed by atoms with Gasteiger partial charge in [-0.2, -0.15) is 5.26 Å². The highest BCUT2D eigenvalue weighted by Gasteiger charge is 2.38. The lowest BCUT2D eigenvalue weighted by Gasteiger charge is -2.37. The maximum atomic E-state index is 13.8. The molecule has 75 heavy (non-hydrogen) atoms. The molecule has 0 aliphatic carbocycles. The third-order valence-corrected chi connectivity index (χ3v) is 15.3. The summed E-state index contributed by atoms with van der Waals surface area (Å²) in [6.45, 7) is 14.5. The molecular weight excluding hydrogens is 986 g/mol. The van der Waals surface area contributed by atoms with Crippen molar-refractivity contribution in [3.05, 3.63) is 130 Å². The van der Waals surface area contributed by atoms with Gasteiger partial charge in [0.15, 0.2) is 0 Å². The number of likely N-dealkylation sites (tertiary alicyclic amines) is 2. The number of alkyl halides is 4. The number of piperazine rings is 2. The van der Waals surface area contributed by atoms with E-state index in [-0.39, 0.29) is 75.5 Å². The second kappa shape index (κ2) is 21.8. The highest BCUT2D eigenvalue weighted by molar-refractivity contribution is 6.30. The van der Waals surface area contributed by atoms with E-state index in [9.17, 15) is 42.0 Å². The van der Waals surface area contributed by atoms with Crippen molar-refractivity contribution in [2.24, 2.45) is 0 Å². The van der Waals surface area contributed by atoms with Gasteiger partial charge in [-0.1, -0.05) is 17.7 Å². The first-order valence-corrected chi connectivity index (χ1v) is 26.2. The Hall–Kier alpha value is -6.74. The molecule has 0 saturated carbocycles. The summed E-state index contributed by atoms with van der Waals surface area (Å²) in [7, 11) is 0. The number of aromatic nitrogens is 2. The molecular formula is C57H62ClF4N9O4. The van der Waals surface area contributed by atoms with E-state index in [0.717, 1.165) is 42.6 Å². The molecule has 0 bridgehead atoms. The summed E-state index contributed by atoms with van der Waals surface area (Å²) in [5, 5.41) is 11.2. The molecule has 13 nitrogen and oxygen atoms in total. The molecule has 0 atom stereocenters. The van der Waals surface area contributed by atoms with Crippen LogP contribution in [0.15, 0.2) is 97.1 Å². The number of piperidine rings is 2. The Bertz CT molecular complexity index is 3130. The highest BCUT2D eigenvalue weighted by Crippen LogP contribution is 2.34. The number of amides is 4. The lowest BCUT2D eigenvalue weighted by molar-refractivity contribution is -0.0504. The van der Waals surface area contributed by atoms with Crippen LogP contribution in [0.5, 0.6) is 0 Å². The Morgan fingerprint density at radius 1 is 0.493 bits per heavy atom. The summed E-state index contributed by atoms with van der Waals surface area (Å²) in [6.07, 6.45) is -1.42. The summed E-state index contributed by atoms with van der Waals surface area (Å²) >= 11 is 6.26. The molecule has 4 saturated heterocycles. The van der Waals surface area contributed by atoms with E-state index in [1.807, 2.05) is 34.1 Å². The molecule has 0 radical (unpaired) electrons. The highest BCUT2D eigenvalue weighted by atomic mass is 35.5. The van der Waals surface area contributed by atoms with Crippen molar-refractivity contribution in [2.75, 3.05) is 78.5 Å². The zero-order chi connectivity index (χ0) is 53.3. The number of hydrogen-bond donors (Lipinski definition) is 0. The average molecular weight is 1050 g/mol. The Morgan fingerprint density at radius 3 is 1.28 bits per heavy atom. The second-order valence-corrected chi connectivity index (χ2v) is 21.0. The van der Waals surface area contributed by atoms with Crippen LogP contribution in [0, 0.1) is 11.3 Å². The SMILES string of the molecule is CC(C)N1CCN(C(=O)c2ccc3c(c2)cc(C(=O)N2CCC(F)(F)CC2)n3-c2ccc(C#N)cc2)CC1.CC(C)N1CCN(C(=O)c2ccc3c(c2)cc(C(=O)N2CCC(F)(F)CC2)n3-c2cccc(Cl)c2)CC1. The molecule has 2 aromatic heterocycles. The van der Waals surface area contributed by atoms with Crippen LogP contribution in [-0.2, 0) is 0 Å². The van der Waals surface area contributed by atoms with E-state index >= 15 is 0 Å². The first kappa shape index (κ1) is 53.1. The van der Waals surface area contributed by atoms with Crippen molar-refractivity contribution in [2.45, 2.75) is 77.3 Å². The lowest BCUT2D eigenvalue weighted by atomic mass is 10.1. The minimum atomic E-state index is -2.76. The minimum absolute atomic E-state index is 0.00497. The maximum Gasteiger partial charge on any atom is 0.270 e. The van der Waals surface area contributed by atoms with Gasteiger partial charge in [-0.25, -0.2) is 17.6 Å². The Kier molecular flexibility index (Phi) is 15.5. The van der Waals surface area contributed by atoms with Gasteiger partial charge >= 0.3 is 0 Å². The average Bonchev–Trinajstić information content (AvgIpc) is 4.00. The molecule has 10 rings (SSSR count). The molecule has 0 N–H and O–H groups in total. The molecule has 4 fully saturated rings. The van der Waals surface area contributed by atoms with Crippen molar-refractivity contribution < 1.29 is 36.7 Å². The number of fused-ring (bicyclic) bond motifs is 2. The number of benzene rings is 4. The minimum Gasteiger partial charge on any atom is -0.337 e. The first-order chi connectivity index (χ1) is 35.8. The van der Waals surface area contributed by atoms with Gasteiger partial charge in [0.05, 0.1) is 22.7 Å². The zero-order valence-corrected chi connectivity index (χ0v) is 43.5. The number of carbonyl (C=O) groups excluding carboxylic acids is 4. The summed E-state index contributed by atoms with van der Waals surface area (Å²) in [4.78, 5) is 65.1. The van der Waals surface area contributed by atoms with Crippen molar-refractivity contribution in [3.63, 3.8) is 0 Å². The van der Waals surface area contributed by atoms with Gasteiger partial charge in [0.25, 0.3) is 35.5 Å². The monoisotopic (exact) mass is 1050 g/mol. The third kappa shape index (κ3) is 11.6. The van der Waals surface area contributed by atoms with E-state index in [1.165, 1.54) is 9.80 Å². The first-order valence-electron chi connectivity index (χ1n) is 25.8. The number of carbonyl (C=O) groups is 4. The van der Waals surface area contributed by atoms with Crippen molar-refractivity contribution in [3.8, 4) is 17.4 Å². The summed E-state index contributed by atoms with van der Waals surface area (Å²) in [6, 6.07) is 31.3. The smallest absolute Gasteiger partial charge is 0.270 e. The fraction of sp³-hybridized carbons (Fsp3) is 0.421. The van der Waals surface area contributed by atoms with Crippen LogP contribution in [0.3, 0.4) is 0 Å². The predicted molar refractivity (Wildman–Crippen MR) is 282 cm³/mol. The fourth-order valence-electron chi connectivity index (χ4n) is 10.5. The lowest BCUT2D eigenvalue weighted by Crippen LogP contribution is -2.50. The van der Waals surface area contributed by atoms with Crippen molar-refractivity contribution in [1.29, 1.82) is 5.26 Å². The van der Waals surface area contributed by atoms with Gasteiger partial charge < -0.3 is 28.7 Å². The van der Waals surface area contributed by atoms with E-state index < -0.39 is 11.8 Å². The van der Waals surface area contributed by atoms with Crippen LogP contribution in [0.2, 0.25) is 5.02 Å². The molecule has 6 heterocycles. The van der Waals surface area contributed by atoms with Crippen LogP contribution >= 0.6 is 11.6 Å². The summed E-state index contributed by atoms with van der Waals surface area (Å²) in [5.74, 6) is -6.23. The van der Waals surface area contributed by atoms with Crippen LogP contribution in [0.25, 0.3) is 33.2 Å². The number of nitrogens with zero attached hydrogens (tertiary/aromatic N) is 9. The van der Waals surface area contributed by atoms with E-state index in [1.54, 1.807) is 81.9 Å². The van der Waals surface area contributed by atoms with Crippen LogP contribution in [0.1, 0.15) is 101 Å². The van der Waals surface area contributed by atoms with Crippen LogP contribution < -0.4 is 0 Å². The Morgan fingerprint density at radius 2 is 0.893 bits per heavy atom. The van der Waals surface area contributed by atoms with Gasteiger partial charge in [-0.05, 0) is 119 Å². The maximum absolute atomic E-state index is 13.8. The normalized spacial score (nSPS) is 18.3. The molecule has 4 aliphatic heterocycles. The molecule has 6 aromatic rings. The fourth-order valence-corrected chi connectivity index (χ4v) is 10.7. The molecule has 394 valence electrons. The molecule has 0 spiro atoms. The number of hydrogen-bond acceptors (Lipinski definition) is 7. The quantitative estimate of drug-likeness (QED) is 0.139. The molecule has 18 heteroatoms. The topological polar surface area (TPSA) is 121 Å². The molecule has 4 amide bonds. The number of nitriles is 1. The summed E-state index contributed by atoms with van der Waals surface area (Å²) < 4.78 is 58.6. The van der Waals surface area contributed by atoms with E-state index in [0.29, 0.717) is 88.1 Å². The van der Waals surface area contributed by atoms with Crippen LogP contribution in [0.4, 0.5) is 17.6 Å². The van der Waals surface area contributed by atoms with E-state index in [4.69, 9.17) is 11.6 Å².